The summed E-state index contributed by atoms with van der Waals surface area (Å²) >= 11 is 6.05. The van der Waals surface area contributed by atoms with Crippen LogP contribution in [0.15, 0.2) is 42.0 Å². The maximum absolute atomic E-state index is 13.1. The summed E-state index contributed by atoms with van der Waals surface area (Å²) in [5.41, 5.74) is 1.34. The molecule has 2 aromatic carbocycles. The summed E-state index contributed by atoms with van der Waals surface area (Å²) < 4.78 is 11.4. The van der Waals surface area contributed by atoms with Crippen molar-refractivity contribution in [3.05, 3.63) is 58.1 Å². The van der Waals surface area contributed by atoms with Crippen molar-refractivity contribution in [2.24, 2.45) is 0 Å². The lowest BCUT2D eigenvalue weighted by Crippen LogP contribution is -2.54. The molecule has 0 atom stereocenters. The fraction of sp³-hybridized carbons (Fsp3) is 0.261. The first-order chi connectivity index (χ1) is 14.7. The highest BCUT2D eigenvalue weighted by atomic mass is 35.5. The third-order valence-corrected chi connectivity index (χ3v) is 4.69. The second kappa shape index (κ2) is 9.22. The van der Waals surface area contributed by atoms with Crippen LogP contribution in [0.25, 0.3) is 6.08 Å². The van der Waals surface area contributed by atoms with Crippen molar-refractivity contribution < 1.29 is 23.9 Å². The Balaban J connectivity index is 2.02. The highest BCUT2D eigenvalue weighted by molar-refractivity contribution is 6.39. The second-order valence-corrected chi connectivity index (χ2v) is 7.63. The number of hydrogen-bond donors (Lipinski definition) is 1. The molecule has 0 spiro atoms. The second-order valence-electron chi connectivity index (χ2n) is 7.19. The molecular formula is C23H23ClN2O5. The minimum atomic E-state index is -0.826. The molecule has 31 heavy (non-hydrogen) atoms. The van der Waals surface area contributed by atoms with Gasteiger partial charge in [0.25, 0.3) is 11.8 Å². The van der Waals surface area contributed by atoms with Crippen molar-refractivity contribution in [1.82, 2.24) is 5.32 Å². The lowest BCUT2D eigenvalue weighted by molar-refractivity contribution is -0.122. The molecular weight excluding hydrogens is 420 g/mol. The van der Waals surface area contributed by atoms with Gasteiger partial charge in [0.2, 0.25) is 0 Å². The van der Waals surface area contributed by atoms with Crippen LogP contribution in [0.5, 0.6) is 11.5 Å². The van der Waals surface area contributed by atoms with Gasteiger partial charge in [-0.3, -0.25) is 14.9 Å². The van der Waals surface area contributed by atoms with Gasteiger partial charge in [-0.05, 0) is 69.2 Å². The molecule has 8 heteroatoms. The Morgan fingerprint density at radius 2 is 1.84 bits per heavy atom. The topological polar surface area (TPSA) is 84.9 Å². The summed E-state index contributed by atoms with van der Waals surface area (Å²) in [5, 5.41) is 2.58. The summed E-state index contributed by atoms with van der Waals surface area (Å²) in [6, 6.07) is 9.14. The molecule has 1 aliphatic heterocycles. The van der Waals surface area contributed by atoms with Gasteiger partial charge in [-0.2, -0.15) is 0 Å². The third-order valence-electron chi connectivity index (χ3n) is 4.46. The lowest BCUT2D eigenvalue weighted by atomic mass is 10.1. The molecule has 0 aliphatic carbocycles. The van der Waals surface area contributed by atoms with Crippen LogP contribution in [0, 0.1) is 6.92 Å². The van der Waals surface area contributed by atoms with Crippen molar-refractivity contribution >= 4 is 41.2 Å². The average molecular weight is 443 g/mol. The Morgan fingerprint density at radius 3 is 2.52 bits per heavy atom. The Hall–Kier alpha value is -3.32. The molecule has 0 aromatic heterocycles. The Bertz CT molecular complexity index is 1080. The lowest BCUT2D eigenvalue weighted by Gasteiger charge is -2.27. The number of halogens is 1. The predicted molar refractivity (Wildman–Crippen MR) is 119 cm³/mol. The highest BCUT2D eigenvalue weighted by Crippen LogP contribution is 2.32. The SMILES string of the molecule is CCOc1cc(/C=C2\C(=O)NC(=O)N(c3cc(Cl)ccc3C)C2=O)ccc1OC(C)C. The molecule has 0 saturated carbocycles. The Labute approximate surface area is 185 Å². The van der Waals surface area contributed by atoms with Gasteiger partial charge in [0.15, 0.2) is 11.5 Å². The number of carbonyl (C=O) groups excluding carboxylic acids is 3. The smallest absolute Gasteiger partial charge is 0.335 e. The summed E-state index contributed by atoms with van der Waals surface area (Å²) in [6.07, 6.45) is 1.37. The van der Waals surface area contributed by atoms with E-state index in [1.54, 1.807) is 37.3 Å². The number of barbiturate groups is 1. The summed E-state index contributed by atoms with van der Waals surface area (Å²) in [4.78, 5) is 38.9. The number of carbonyl (C=O) groups is 3. The van der Waals surface area contributed by atoms with Crippen LogP contribution >= 0.6 is 11.6 Å². The van der Waals surface area contributed by atoms with Gasteiger partial charge in [0.05, 0.1) is 18.4 Å². The predicted octanol–water partition coefficient (Wildman–Crippen LogP) is 4.50. The van der Waals surface area contributed by atoms with Crippen molar-refractivity contribution in [2.45, 2.75) is 33.8 Å². The van der Waals surface area contributed by atoms with E-state index in [2.05, 4.69) is 5.32 Å². The van der Waals surface area contributed by atoms with E-state index in [-0.39, 0.29) is 11.7 Å². The van der Waals surface area contributed by atoms with Gasteiger partial charge in [0.1, 0.15) is 5.57 Å². The molecule has 162 valence electrons. The van der Waals surface area contributed by atoms with Crippen LogP contribution in [0.1, 0.15) is 31.9 Å². The molecule has 1 aliphatic rings. The number of ether oxygens (including phenoxy) is 2. The van der Waals surface area contributed by atoms with E-state index in [1.165, 1.54) is 12.1 Å². The first-order valence-corrected chi connectivity index (χ1v) is 10.2. The summed E-state index contributed by atoms with van der Waals surface area (Å²) in [6.45, 7) is 7.82. The first kappa shape index (κ1) is 22.4. The molecule has 1 N–H and O–H groups in total. The van der Waals surface area contributed by atoms with E-state index < -0.39 is 17.8 Å². The van der Waals surface area contributed by atoms with Gasteiger partial charge in [-0.25, -0.2) is 9.69 Å². The molecule has 0 unspecified atom stereocenters. The Morgan fingerprint density at radius 1 is 1.10 bits per heavy atom. The largest absolute Gasteiger partial charge is 0.490 e. The van der Waals surface area contributed by atoms with Gasteiger partial charge >= 0.3 is 6.03 Å². The maximum atomic E-state index is 13.1. The van der Waals surface area contributed by atoms with Crippen molar-refractivity contribution in [3.63, 3.8) is 0 Å². The van der Waals surface area contributed by atoms with Crippen LogP contribution in [0.3, 0.4) is 0 Å². The van der Waals surface area contributed by atoms with Gasteiger partial charge in [-0.15, -0.1) is 0 Å². The minimum Gasteiger partial charge on any atom is -0.490 e. The van der Waals surface area contributed by atoms with Crippen LogP contribution in [-0.4, -0.2) is 30.6 Å². The van der Waals surface area contributed by atoms with Gasteiger partial charge in [-0.1, -0.05) is 23.7 Å². The monoisotopic (exact) mass is 442 g/mol. The van der Waals surface area contributed by atoms with E-state index in [9.17, 15) is 14.4 Å². The molecule has 4 amide bonds. The van der Waals surface area contributed by atoms with Crippen LogP contribution in [0.2, 0.25) is 5.02 Å². The Kier molecular flexibility index (Phi) is 6.65. The number of anilines is 1. The third kappa shape index (κ3) is 4.88. The number of benzene rings is 2. The molecule has 0 radical (unpaired) electrons. The first-order valence-electron chi connectivity index (χ1n) is 9.82. The van der Waals surface area contributed by atoms with Gasteiger partial charge < -0.3 is 9.47 Å². The zero-order valence-corrected chi connectivity index (χ0v) is 18.4. The molecule has 1 fully saturated rings. The molecule has 0 bridgehead atoms. The van der Waals surface area contributed by atoms with Crippen molar-refractivity contribution in [1.29, 1.82) is 0 Å². The fourth-order valence-corrected chi connectivity index (χ4v) is 3.27. The number of urea groups is 1. The number of nitrogens with one attached hydrogen (secondary N) is 1. The van der Waals surface area contributed by atoms with E-state index in [1.807, 2.05) is 20.8 Å². The maximum Gasteiger partial charge on any atom is 0.335 e. The summed E-state index contributed by atoms with van der Waals surface area (Å²) in [5.74, 6) is -0.455. The number of aryl methyl sites for hydroxylation is 1. The van der Waals surface area contributed by atoms with E-state index in [4.69, 9.17) is 21.1 Å². The van der Waals surface area contributed by atoms with Crippen LogP contribution in [-0.2, 0) is 9.59 Å². The molecule has 2 aromatic rings. The van der Waals surface area contributed by atoms with Crippen LogP contribution < -0.4 is 19.7 Å². The van der Waals surface area contributed by atoms with E-state index >= 15 is 0 Å². The van der Waals surface area contributed by atoms with E-state index in [0.717, 1.165) is 4.90 Å². The molecule has 1 heterocycles. The zero-order chi connectivity index (χ0) is 22.7. The van der Waals surface area contributed by atoms with Crippen molar-refractivity contribution in [3.8, 4) is 11.5 Å². The minimum absolute atomic E-state index is 0.0467. The average Bonchev–Trinajstić information content (AvgIpc) is 2.69. The van der Waals surface area contributed by atoms with Crippen LogP contribution in [0.4, 0.5) is 10.5 Å². The number of hydrogen-bond acceptors (Lipinski definition) is 5. The summed E-state index contributed by atoms with van der Waals surface area (Å²) in [7, 11) is 0. The quantitative estimate of drug-likeness (QED) is 0.526. The highest BCUT2D eigenvalue weighted by Gasteiger charge is 2.37. The van der Waals surface area contributed by atoms with E-state index in [0.29, 0.717) is 39.9 Å². The van der Waals surface area contributed by atoms with Gasteiger partial charge in [0, 0.05) is 5.02 Å². The number of amides is 4. The zero-order valence-electron chi connectivity index (χ0n) is 17.7. The fourth-order valence-electron chi connectivity index (χ4n) is 3.10. The number of imide groups is 2. The van der Waals surface area contributed by atoms with Crippen molar-refractivity contribution in [2.75, 3.05) is 11.5 Å². The standard InChI is InChI=1S/C23H23ClN2O5/c1-5-30-20-11-15(7-9-19(20)31-13(2)3)10-17-21(27)25-23(29)26(22(17)28)18-12-16(24)8-6-14(18)4/h6-13H,5H2,1-4H3,(H,25,27,29)/b17-10+. The molecule has 3 rings (SSSR count). The number of nitrogens with zero attached hydrogens (tertiary/aromatic N) is 1. The molecule has 1 saturated heterocycles. The number of rotatable bonds is 6. The normalized spacial score (nSPS) is 15.5. The molecule has 7 nitrogen and oxygen atoms in total.